The predicted octanol–water partition coefficient (Wildman–Crippen LogP) is -0.398. The van der Waals surface area contributed by atoms with E-state index in [0.29, 0.717) is 18.0 Å². The van der Waals surface area contributed by atoms with E-state index in [1.54, 1.807) is 0 Å². The van der Waals surface area contributed by atoms with Crippen LogP contribution in [0.15, 0.2) is 48.8 Å². The minimum absolute atomic E-state index is 0. The molecule has 1 saturated heterocycles. The Bertz CT molecular complexity index is 924. The first-order chi connectivity index (χ1) is 14.4. The van der Waals surface area contributed by atoms with Crippen LogP contribution in [0, 0.1) is 0 Å². The molecule has 2 amide bonds. The van der Waals surface area contributed by atoms with Gasteiger partial charge in [-0.25, -0.2) is 9.36 Å². The zero-order valence-electron chi connectivity index (χ0n) is 17.7. The number of benzene rings is 1. The van der Waals surface area contributed by atoms with Gasteiger partial charge in [0.1, 0.15) is 6.54 Å². The number of aromatic nitrogens is 1. The number of pyridine rings is 1. The van der Waals surface area contributed by atoms with Gasteiger partial charge >= 0.3 is 5.97 Å². The van der Waals surface area contributed by atoms with Gasteiger partial charge in [0.05, 0.1) is 6.42 Å². The average Bonchev–Trinajstić information content (AvgIpc) is 3.05. The van der Waals surface area contributed by atoms with Crippen molar-refractivity contribution in [2.45, 2.75) is 32.2 Å². The molecule has 1 fully saturated rings. The summed E-state index contributed by atoms with van der Waals surface area (Å²) in [4.78, 5) is 41.6. The molecule has 1 aliphatic rings. The number of aryl methyl sites for hydroxylation is 1. The maximum absolute atomic E-state index is 11.8. The van der Waals surface area contributed by atoms with Crippen LogP contribution < -0.4 is 21.9 Å². The molecule has 3 rings (SSSR count). The van der Waals surface area contributed by atoms with Crippen molar-refractivity contribution >= 4 is 35.6 Å². The fourth-order valence-electron chi connectivity index (χ4n) is 3.02. The lowest BCUT2D eigenvalue weighted by molar-refractivity contribution is -0.697. The number of nitrogens with zero attached hydrogens (tertiary/aromatic N) is 3. The number of anilines is 1. The zero-order valence-corrected chi connectivity index (χ0v) is 18.4. The van der Waals surface area contributed by atoms with E-state index in [1.807, 2.05) is 43.2 Å². The lowest BCUT2D eigenvalue weighted by Gasteiger charge is -2.11. The van der Waals surface area contributed by atoms with Crippen LogP contribution in [0.5, 0.6) is 0 Å². The number of amides is 2. The van der Waals surface area contributed by atoms with Crippen LogP contribution in [-0.4, -0.2) is 36.9 Å². The van der Waals surface area contributed by atoms with Crippen molar-refractivity contribution in [1.82, 2.24) is 5.06 Å². The normalized spacial score (nSPS) is 13.4. The molecular weight excluding hydrogens is 418 g/mol. The Hall–Kier alpha value is -3.19. The summed E-state index contributed by atoms with van der Waals surface area (Å²) >= 11 is 0. The lowest BCUT2D eigenvalue weighted by atomic mass is 10.1. The largest absolute Gasteiger partial charge is 1.00 e. The third-order valence-electron chi connectivity index (χ3n) is 4.79. The Morgan fingerprint density at radius 2 is 1.55 bits per heavy atom. The van der Waals surface area contributed by atoms with Crippen LogP contribution >= 0.6 is 0 Å². The first-order valence-electron chi connectivity index (χ1n) is 9.93. The van der Waals surface area contributed by atoms with Crippen molar-refractivity contribution in [3.05, 3.63) is 59.9 Å². The van der Waals surface area contributed by atoms with Gasteiger partial charge in [-0.2, -0.15) is 0 Å². The topological polar surface area (TPSA) is 70.8 Å². The number of hydrogen-bond acceptors (Lipinski definition) is 5. The molecule has 0 unspecified atom stereocenters. The van der Waals surface area contributed by atoms with Gasteiger partial charge in [-0.15, -0.1) is 5.06 Å². The molecule has 0 atom stereocenters. The molecule has 31 heavy (non-hydrogen) atoms. The number of carbonyl (C=O) groups excluding carboxylic acids is 3. The number of imide groups is 1. The first-order valence-corrected chi connectivity index (χ1v) is 9.93. The SMILES string of the molecule is CN(C)c1ccc(/C=C/c2cc[n+](CCCC(=O)ON3C(=O)CCC3=O)cc2)cc1.[Cl-]. The number of carbonyl (C=O) groups is 3. The second-order valence-corrected chi connectivity index (χ2v) is 7.34. The summed E-state index contributed by atoms with van der Waals surface area (Å²) in [6.07, 6.45) is 8.91. The molecule has 0 N–H and O–H groups in total. The van der Waals surface area contributed by atoms with E-state index >= 15 is 0 Å². The Morgan fingerprint density at radius 3 is 2.10 bits per heavy atom. The molecule has 1 aromatic heterocycles. The van der Waals surface area contributed by atoms with Crippen molar-refractivity contribution < 1.29 is 36.2 Å². The molecule has 0 saturated carbocycles. The first kappa shape index (κ1) is 24.1. The molecule has 2 heterocycles. The van der Waals surface area contributed by atoms with Crippen LogP contribution in [0.1, 0.15) is 36.8 Å². The van der Waals surface area contributed by atoms with Gasteiger partial charge in [0, 0.05) is 51.2 Å². The van der Waals surface area contributed by atoms with Crippen LogP contribution in [0.3, 0.4) is 0 Å². The predicted molar refractivity (Wildman–Crippen MR) is 113 cm³/mol. The molecule has 0 radical (unpaired) electrons. The highest BCUT2D eigenvalue weighted by molar-refractivity contribution is 6.01. The van der Waals surface area contributed by atoms with E-state index in [0.717, 1.165) is 16.8 Å². The number of hydrogen-bond donors (Lipinski definition) is 0. The van der Waals surface area contributed by atoms with Crippen LogP contribution in [0.25, 0.3) is 12.2 Å². The molecule has 7 nitrogen and oxygen atoms in total. The third kappa shape index (κ3) is 6.93. The second kappa shape index (κ2) is 11.3. The van der Waals surface area contributed by atoms with Crippen molar-refractivity contribution in [2.75, 3.05) is 19.0 Å². The Labute approximate surface area is 188 Å². The van der Waals surface area contributed by atoms with Crippen molar-refractivity contribution in [3.63, 3.8) is 0 Å². The summed E-state index contributed by atoms with van der Waals surface area (Å²) in [7, 11) is 4.03. The van der Waals surface area contributed by atoms with E-state index in [-0.39, 0.29) is 31.7 Å². The molecule has 0 spiro atoms. The standard InChI is InChI=1S/C23H26N3O4.ClH/c1-24(2)20-9-7-18(8-10-20)5-6-19-13-16-25(17-14-19)15-3-4-23(29)30-26-21(27)11-12-22(26)28;/h5-10,13-14,16-17H,3-4,11-12,15H2,1-2H3;1H/q+1;/p-1. The molecule has 1 aliphatic heterocycles. The smallest absolute Gasteiger partial charge is 0.333 e. The molecule has 2 aromatic rings. The van der Waals surface area contributed by atoms with E-state index in [4.69, 9.17) is 4.84 Å². The minimum atomic E-state index is -0.570. The molecule has 164 valence electrons. The van der Waals surface area contributed by atoms with Crippen LogP contribution in [0.4, 0.5) is 5.69 Å². The summed E-state index contributed by atoms with van der Waals surface area (Å²) in [6.45, 7) is 0.632. The molecule has 8 heteroatoms. The van der Waals surface area contributed by atoms with Gasteiger partial charge < -0.3 is 22.1 Å². The molecular formula is C23H26ClN3O4. The van der Waals surface area contributed by atoms with E-state index < -0.39 is 17.8 Å². The van der Waals surface area contributed by atoms with Gasteiger partial charge in [0.15, 0.2) is 12.4 Å². The minimum Gasteiger partial charge on any atom is -1.00 e. The van der Waals surface area contributed by atoms with Gasteiger partial charge in [-0.05, 0) is 23.3 Å². The van der Waals surface area contributed by atoms with Crippen molar-refractivity contribution in [3.8, 4) is 0 Å². The summed E-state index contributed by atoms with van der Waals surface area (Å²) in [5.41, 5.74) is 3.37. The second-order valence-electron chi connectivity index (χ2n) is 7.34. The number of halogens is 1. The Kier molecular flexibility index (Phi) is 8.75. The Balaban J connectivity index is 0.00000341. The van der Waals surface area contributed by atoms with E-state index in [9.17, 15) is 14.4 Å². The highest BCUT2D eigenvalue weighted by Crippen LogP contribution is 2.15. The highest BCUT2D eigenvalue weighted by atomic mass is 35.5. The van der Waals surface area contributed by atoms with Gasteiger partial charge in [0.25, 0.3) is 11.8 Å². The quantitative estimate of drug-likeness (QED) is 0.410. The van der Waals surface area contributed by atoms with Gasteiger partial charge in [-0.1, -0.05) is 24.3 Å². The van der Waals surface area contributed by atoms with Gasteiger partial charge in [-0.3, -0.25) is 9.59 Å². The summed E-state index contributed by atoms with van der Waals surface area (Å²) in [5, 5.41) is 0.588. The van der Waals surface area contributed by atoms with E-state index in [1.165, 1.54) is 0 Å². The Morgan fingerprint density at radius 1 is 1.00 bits per heavy atom. The highest BCUT2D eigenvalue weighted by Gasteiger charge is 2.32. The summed E-state index contributed by atoms with van der Waals surface area (Å²) < 4.78 is 1.97. The maximum Gasteiger partial charge on any atom is 0.333 e. The van der Waals surface area contributed by atoms with Crippen LogP contribution in [0.2, 0.25) is 0 Å². The zero-order chi connectivity index (χ0) is 21.5. The lowest BCUT2D eigenvalue weighted by Crippen LogP contribution is -3.00. The van der Waals surface area contributed by atoms with Crippen molar-refractivity contribution in [1.29, 1.82) is 0 Å². The average molecular weight is 444 g/mol. The molecule has 0 aliphatic carbocycles. The fraction of sp³-hybridized carbons (Fsp3) is 0.304. The molecule has 0 bridgehead atoms. The summed E-state index contributed by atoms with van der Waals surface area (Å²) in [6, 6.07) is 12.3. The number of hydroxylamine groups is 2. The fourth-order valence-corrected chi connectivity index (χ4v) is 3.02. The van der Waals surface area contributed by atoms with Crippen LogP contribution in [-0.2, 0) is 25.8 Å². The van der Waals surface area contributed by atoms with E-state index in [2.05, 4.69) is 41.3 Å². The van der Waals surface area contributed by atoms with Crippen molar-refractivity contribution in [2.24, 2.45) is 0 Å². The molecule has 1 aromatic carbocycles. The third-order valence-corrected chi connectivity index (χ3v) is 4.79. The monoisotopic (exact) mass is 443 g/mol. The number of rotatable bonds is 8. The maximum atomic E-state index is 11.8. The van der Waals surface area contributed by atoms with Gasteiger partial charge in [0.2, 0.25) is 0 Å². The summed E-state index contributed by atoms with van der Waals surface area (Å²) in [5.74, 6) is -1.49.